The minimum absolute atomic E-state index is 0.00257. The first kappa shape index (κ1) is 20.1. The number of nitrogens with one attached hydrogen (secondary N) is 1. The van der Waals surface area contributed by atoms with Crippen molar-refractivity contribution in [2.45, 2.75) is 44.7 Å². The van der Waals surface area contributed by atoms with E-state index >= 15 is 0 Å². The highest BCUT2D eigenvalue weighted by Gasteiger charge is 2.36. The molecule has 2 amide bonds. The first-order valence-electron chi connectivity index (χ1n) is 11.8. The predicted molar refractivity (Wildman–Crippen MR) is 127 cm³/mol. The van der Waals surface area contributed by atoms with Crippen LogP contribution in [0.4, 0.5) is 5.82 Å². The number of fused-ring (bicyclic) bond motifs is 2. The quantitative estimate of drug-likeness (QED) is 0.672. The van der Waals surface area contributed by atoms with Gasteiger partial charge in [-0.1, -0.05) is 12.1 Å². The summed E-state index contributed by atoms with van der Waals surface area (Å²) in [6, 6.07) is 12.9. The average Bonchev–Trinajstić information content (AvgIpc) is 3.58. The summed E-state index contributed by atoms with van der Waals surface area (Å²) in [5.41, 5.74) is 3.93. The minimum Gasteiger partial charge on any atom is -0.351 e. The summed E-state index contributed by atoms with van der Waals surface area (Å²) < 4.78 is 0. The normalized spacial score (nSPS) is 20.3. The molecule has 7 heteroatoms. The van der Waals surface area contributed by atoms with Gasteiger partial charge in [-0.15, -0.1) is 5.10 Å². The van der Waals surface area contributed by atoms with E-state index in [2.05, 4.69) is 45.5 Å². The molecule has 7 nitrogen and oxygen atoms in total. The van der Waals surface area contributed by atoms with Gasteiger partial charge in [0.25, 0.3) is 5.91 Å². The number of rotatable bonds is 4. The van der Waals surface area contributed by atoms with Gasteiger partial charge in [0.05, 0.1) is 6.20 Å². The fourth-order valence-electron chi connectivity index (χ4n) is 5.10. The Kier molecular flexibility index (Phi) is 4.78. The summed E-state index contributed by atoms with van der Waals surface area (Å²) in [7, 11) is 0. The van der Waals surface area contributed by atoms with Crippen molar-refractivity contribution in [1.82, 2.24) is 20.4 Å². The van der Waals surface area contributed by atoms with E-state index in [1.165, 1.54) is 0 Å². The maximum Gasteiger partial charge on any atom is 0.251 e. The number of amides is 2. The van der Waals surface area contributed by atoms with Gasteiger partial charge in [-0.3, -0.25) is 9.59 Å². The number of hydrogen-bond acceptors (Lipinski definition) is 5. The molecule has 1 aliphatic carbocycles. The Balaban J connectivity index is 1.31. The van der Waals surface area contributed by atoms with Crippen LogP contribution < -0.4 is 10.2 Å². The van der Waals surface area contributed by atoms with E-state index in [-0.39, 0.29) is 17.9 Å². The molecule has 0 radical (unpaired) electrons. The van der Waals surface area contributed by atoms with E-state index in [0.717, 1.165) is 72.2 Å². The highest BCUT2D eigenvalue weighted by atomic mass is 16.2. The van der Waals surface area contributed by atoms with Crippen molar-refractivity contribution >= 4 is 28.4 Å². The predicted octanol–water partition coefficient (Wildman–Crippen LogP) is 3.31. The van der Waals surface area contributed by atoms with Gasteiger partial charge < -0.3 is 15.1 Å². The highest BCUT2D eigenvalue weighted by Crippen LogP contribution is 2.33. The summed E-state index contributed by atoms with van der Waals surface area (Å²) in [6.45, 7) is 4.39. The summed E-state index contributed by atoms with van der Waals surface area (Å²) >= 11 is 0. The smallest absolute Gasteiger partial charge is 0.251 e. The Morgan fingerprint density at radius 2 is 1.97 bits per heavy atom. The largest absolute Gasteiger partial charge is 0.351 e. The number of carbonyl (C=O) groups is 2. The summed E-state index contributed by atoms with van der Waals surface area (Å²) in [5.74, 6) is 1.15. The monoisotopic (exact) mass is 441 g/mol. The van der Waals surface area contributed by atoms with Crippen LogP contribution >= 0.6 is 0 Å². The Morgan fingerprint density at radius 1 is 1.09 bits per heavy atom. The minimum atomic E-state index is -0.00257. The lowest BCUT2D eigenvalue weighted by Crippen LogP contribution is -2.51. The molecule has 0 spiro atoms. The fourth-order valence-corrected chi connectivity index (χ4v) is 5.10. The standard InChI is InChI=1S/C26H27N5O2/c1-16-2-3-18(26(33)28-20-5-6-20)13-23(16)17-4-8-22-19(12-17)14-27-29-25(22)30-10-11-31-21(15-30)7-9-24(31)32/h2-4,8,12-14,20-21H,5-7,9-11,15H2,1H3,(H,28,33)/t21-/m0/s1. The molecule has 1 saturated carbocycles. The molecule has 0 bridgehead atoms. The Hall–Kier alpha value is -3.48. The molecule has 2 aliphatic heterocycles. The van der Waals surface area contributed by atoms with Gasteiger partial charge in [-0.05, 0) is 67.1 Å². The lowest BCUT2D eigenvalue weighted by molar-refractivity contribution is -0.129. The second kappa shape index (κ2) is 7.83. The molecule has 1 atom stereocenters. The van der Waals surface area contributed by atoms with Crippen LogP contribution in [0, 0.1) is 6.92 Å². The van der Waals surface area contributed by atoms with E-state index in [0.29, 0.717) is 18.0 Å². The number of anilines is 1. The molecular formula is C26H27N5O2. The van der Waals surface area contributed by atoms with Crippen molar-refractivity contribution < 1.29 is 9.59 Å². The molecule has 0 unspecified atom stereocenters. The van der Waals surface area contributed by atoms with Gasteiger partial charge >= 0.3 is 0 Å². The summed E-state index contributed by atoms with van der Waals surface area (Å²) in [6.07, 6.45) is 5.52. The second-order valence-electron chi connectivity index (χ2n) is 9.47. The van der Waals surface area contributed by atoms with Crippen molar-refractivity contribution in [3.05, 3.63) is 53.7 Å². The third-order valence-corrected chi connectivity index (χ3v) is 7.16. The Morgan fingerprint density at radius 3 is 2.82 bits per heavy atom. The Bertz CT molecular complexity index is 1270. The third-order valence-electron chi connectivity index (χ3n) is 7.16. The average molecular weight is 442 g/mol. The van der Waals surface area contributed by atoms with E-state index in [1.807, 2.05) is 23.1 Å². The number of aryl methyl sites for hydroxylation is 1. The summed E-state index contributed by atoms with van der Waals surface area (Å²) in [5, 5.41) is 13.9. The molecule has 33 heavy (non-hydrogen) atoms. The van der Waals surface area contributed by atoms with Gasteiger partial charge in [-0.2, -0.15) is 5.10 Å². The van der Waals surface area contributed by atoms with Gasteiger partial charge in [0, 0.05) is 54.5 Å². The van der Waals surface area contributed by atoms with Crippen LogP contribution in [0.25, 0.3) is 21.9 Å². The molecule has 3 heterocycles. The van der Waals surface area contributed by atoms with Crippen molar-refractivity contribution in [3.8, 4) is 11.1 Å². The molecule has 6 rings (SSSR count). The number of carbonyl (C=O) groups excluding carboxylic acids is 2. The number of piperazine rings is 1. The molecule has 3 aromatic rings. The zero-order valence-electron chi connectivity index (χ0n) is 18.8. The molecule has 168 valence electrons. The van der Waals surface area contributed by atoms with Crippen LogP contribution in [0.15, 0.2) is 42.6 Å². The lowest BCUT2D eigenvalue weighted by atomic mass is 9.96. The van der Waals surface area contributed by atoms with Gasteiger partial charge in [0.15, 0.2) is 5.82 Å². The molecule has 2 saturated heterocycles. The van der Waals surface area contributed by atoms with E-state index < -0.39 is 0 Å². The first-order valence-corrected chi connectivity index (χ1v) is 11.8. The van der Waals surface area contributed by atoms with Gasteiger partial charge in [0.2, 0.25) is 5.91 Å². The molecular weight excluding hydrogens is 414 g/mol. The maximum absolute atomic E-state index is 12.6. The fraction of sp³-hybridized carbons (Fsp3) is 0.385. The van der Waals surface area contributed by atoms with Crippen LogP contribution in [0.2, 0.25) is 0 Å². The molecule has 3 aliphatic rings. The maximum atomic E-state index is 12.6. The first-order chi connectivity index (χ1) is 16.1. The van der Waals surface area contributed by atoms with Crippen LogP contribution in [0.5, 0.6) is 0 Å². The summed E-state index contributed by atoms with van der Waals surface area (Å²) in [4.78, 5) is 28.9. The van der Waals surface area contributed by atoms with E-state index in [9.17, 15) is 9.59 Å². The van der Waals surface area contributed by atoms with Gasteiger partial charge in [-0.25, -0.2) is 0 Å². The molecule has 1 aromatic heterocycles. The third kappa shape index (κ3) is 3.71. The molecule has 1 N–H and O–H groups in total. The zero-order valence-corrected chi connectivity index (χ0v) is 18.8. The number of aromatic nitrogens is 2. The van der Waals surface area contributed by atoms with E-state index in [4.69, 9.17) is 0 Å². The lowest BCUT2D eigenvalue weighted by Gasteiger charge is -2.38. The van der Waals surface area contributed by atoms with Crippen molar-refractivity contribution in [2.24, 2.45) is 0 Å². The topological polar surface area (TPSA) is 78.4 Å². The van der Waals surface area contributed by atoms with Crippen molar-refractivity contribution in [1.29, 1.82) is 0 Å². The SMILES string of the molecule is Cc1ccc(C(=O)NC2CC2)cc1-c1ccc2c(N3CCN4C(=O)CC[C@H]4C3)nncc2c1. The van der Waals surface area contributed by atoms with Crippen LogP contribution in [-0.4, -0.2) is 58.6 Å². The van der Waals surface area contributed by atoms with E-state index in [1.54, 1.807) is 6.20 Å². The molecule has 3 fully saturated rings. The highest BCUT2D eigenvalue weighted by molar-refractivity contribution is 5.98. The van der Waals surface area contributed by atoms with Crippen LogP contribution in [0.3, 0.4) is 0 Å². The van der Waals surface area contributed by atoms with Crippen LogP contribution in [-0.2, 0) is 4.79 Å². The van der Waals surface area contributed by atoms with Gasteiger partial charge in [0.1, 0.15) is 0 Å². The second-order valence-corrected chi connectivity index (χ2v) is 9.47. The number of nitrogens with zero attached hydrogens (tertiary/aromatic N) is 4. The molecule has 2 aromatic carbocycles. The zero-order chi connectivity index (χ0) is 22.5. The van der Waals surface area contributed by atoms with Crippen LogP contribution in [0.1, 0.15) is 41.6 Å². The van der Waals surface area contributed by atoms with Crippen molar-refractivity contribution in [2.75, 3.05) is 24.5 Å². The van der Waals surface area contributed by atoms with Crippen molar-refractivity contribution in [3.63, 3.8) is 0 Å². The Labute approximate surface area is 192 Å². The number of hydrogen-bond donors (Lipinski definition) is 1. The number of benzene rings is 2.